The number of unbranched alkanes of at least 4 members (excludes halogenated alkanes) is 5. The molecule has 2 aliphatic heterocycles. The van der Waals surface area contributed by atoms with Gasteiger partial charge in [0.2, 0.25) is 11.8 Å². The maximum Gasteiger partial charge on any atom is 0.328 e. The molecule has 2 saturated heterocycles. The van der Waals surface area contributed by atoms with E-state index in [2.05, 4.69) is 16.0 Å². The number of rotatable bonds is 22. The Balaban J connectivity index is 1.48. The molecule has 1 aromatic rings. The normalized spacial score (nSPS) is 20.4. The molecule has 17 heteroatoms. The second kappa shape index (κ2) is 22.7. The van der Waals surface area contributed by atoms with Crippen LogP contribution in [-0.4, -0.2) is 116 Å². The third-order valence-electron chi connectivity index (χ3n) is 8.75. The molecule has 8 N–H and O–H groups in total. The van der Waals surface area contributed by atoms with Crippen molar-refractivity contribution >= 4 is 29.7 Å². The Hall–Kier alpha value is -4.13. The quantitative estimate of drug-likeness (QED) is 0.0212. The van der Waals surface area contributed by atoms with Crippen LogP contribution in [0.5, 0.6) is 5.75 Å². The van der Waals surface area contributed by atoms with Gasteiger partial charge in [0.15, 0.2) is 0 Å². The van der Waals surface area contributed by atoms with E-state index in [9.17, 15) is 44.6 Å². The molecule has 17 nitrogen and oxygen atoms in total. The highest BCUT2D eigenvalue weighted by Crippen LogP contribution is 2.28. The minimum absolute atomic E-state index is 0.00727. The molecule has 2 aliphatic rings. The minimum atomic E-state index is -1.25. The standard InChI is InChI=1S/C35H53N5O12/c41-28-16-8-7-13-24(28)33-38-27(23-52-33)32(46)37-26(35(48)51-22-19-29(42)36-25-14-9-12-21-40(50)34(25)47)15-10-11-20-39(49)30(43)17-5-3-1-2-4-6-18-31(44)45/h5,7-8,13,16-17,25-27,30,33,38,41,43,49-50H,1-4,6,9-12,14-15,18-23H2,(H,36,42)(H,37,46)(H,44,45)/b17-5-/t25-,26-,27+,30+,33+/m1/s1. The van der Waals surface area contributed by atoms with Crippen molar-refractivity contribution in [2.75, 3.05) is 26.3 Å². The Bertz CT molecular complexity index is 1350. The number of benzene rings is 1. The van der Waals surface area contributed by atoms with Crippen LogP contribution >= 0.6 is 0 Å². The number of ether oxygens (including phenoxy) is 2. The first-order valence-corrected chi connectivity index (χ1v) is 17.9. The number of hydrogen-bond donors (Lipinski definition) is 8. The molecule has 52 heavy (non-hydrogen) atoms. The number of aliphatic hydroxyl groups is 1. The Morgan fingerprint density at radius 1 is 1.08 bits per heavy atom. The molecule has 0 radical (unpaired) electrons. The summed E-state index contributed by atoms with van der Waals surface area (Å²) in [5.41, 5.74) is 0.447. The number of aliphatic hydroxyl groups excluding tert-OH is 1. The molecule has 0 aromatic heterocycles. The summed E-state index contributed by atoms with van der Waals surface area (Å²) in [6, 6.07) is 3.66. The van der Waals surface area contributed by atoms with Gasteiger partial charge < -0.3 is 40.6 Å². The molecule has 2 fully saturated rings. The molecule has 0 unspecified atom stereocenters. The molecular formula is C35H53N5O12. The van der Waals surface area contributed by atoms with Gasteiger partial charge in [0, 0.05) is 25.1 Å². The van der Waals surface area contributed by atoms with Crippen LogP contribution in [0.4, 0.5) is 0 Å². The number of hydroxylamine groups is 4. The summed E-state index contributed by atoms with van der Waals surface area (Å²) in [7, 11) is 0. The number of phenolic OH excluding ortho intramolecular Hbond substituents is 1. The van der Waals surface area contributed by atoms with Gasteiger partial charge in [0.05, 0.1) is 13.0 Å². The molecule has 3 rings (SSSR count). The van der Waals surface area contributed by atoms with E-state index in [0.29, 0.717) is 55.6 Å². The number of para-hydroxylation sites is 1. The predicted octanol–water partition coefficient (Wildman–Crippen LogP) is 1.85. The maximum absolute atomic E-state index is 13.2. The largest absolute Gasteiger partial charge is 0.508 e. The van der Waals surface area contributed by atoms with E-state index in [-0.39, 0.29) is 51.3 Å². The van der Waals surface area contributed by atoms with Gasteiger partial charge in [-0.3, -0.25) is 29.7 Å². The molecule has 3 amide bonds. The average molecular weight is 736 g/mol. The number of nitrogens with one attached hydrogen (secondary N) is 3. The monoisotopic (exact) mass is 735 g/mol. The number of carbonyl (C=O) groups is 5. The molecule has 0 aliphatic carbocycles. The third kappa shape index (κ3) is 14.8. The van der Waals surface area contributed by atoms with Gasteiger partial charge in [-0.1, -0.05) is 37.1 Å². The summed E-state index contributed by atoms with van der Waals surface area (Å²) >= 11 is 0. The summed E-state index contributed by atoms with van der Waals surface area (Å²) in [5.74, 6) is -3.32. The van der Waals surface area contributed by atoms with Crippen LogP contribution in [0.1, 0.15) is 95.3 Å². The van der Waals surface area contributed by atoms with Gasteiger partial charge in [-0.15, -0.1) is 0 Å². The lowest BCUT2D eigenvalue weighted by molar-refractivity contribution is -0.177. The van der Waals surface area contributed by atoms with E-state index in [1.54, 1.807) is 24.3 Å². The topological polar surface area (TPSA) is 248 Å². The van der Waals surface area contributed by atoms with Crippen LogP contribution in [0.15, 0.2) is 36.4 Å². The number of aliphatic carboxylic acids is 1. The molecule has 0 bridgehead atoms. The summed E-state index contributed by atoms with van der Waals surface area (Å²) in [6.45, 7) is -0.122. The van der Waals surface area contributed by atoms with Crippen LogP contribution in [0.25, 0.3) is 0 Å². The maximum atomic E-state index is 13.2. The minimum Gasteiger partial charge on any atom is -0.508 e. The van der Waals surface area contributed by atoms with Crippen molar-refractivity contribution in [2.24, 2.45) is 0 Å². The van der Waals surface area contributed by atoms with E-state index >= 15 is 0 Å². The first-order chi connectivity index (χ1) is 25.0. The summed E-state index contributed by atoms with van der Waals surface area (Å²) in [4.78, 5) is 61.7. The van der Waals surface area contributed by atoms with Crippen LogP contribution in [0.2, 0.25) is 0 Å². The fourth-order valence-electron chi connectivity index (χ4n) is 5.77. The van der Waals surface area contributed by atoms with Gasteiger partial charge in [-0.25, -0.2) is 9.86 Å². The van der Waals surface area contributed by atoms with Gasteiger partial charge >= 0.3 is 11.9 Å². The van der Waals surface area contributed by atoms with Crippen LogP contribution in [-0.2, 0) is 33.4 Å². The lowest BCUT2D eigenvalue weighted by atomic mass is 10.1. The van der Waals surface area contributed by atoms with E-state index < -0.39 is 60.2 Å². The second-order valence-electron chi connectivity index (χ2n) is 12.9. The van der Waals surface area contributed by atoms with Crippen molar-refractivity contribution in [3.05, 3.63) is 42.0 Å². The molecule has 290 valence electrons. The Labute approximate surface area is 302 Å². The zero-order valence-electron chi connectivity index (χ0n) is 29.4. The highest BCUT2D eigenvalue weighted by Gasteiger charge is 2.34. The number of carboxylic acid groups (broad SMARTS) is 1. The number of carboxylic acids is 1. The Morgan fingerprint density at radius 2 is 1.85 bits per heavy atom. The van der Waals surface area contributed by atoms with Crippen molar-refractivity contribution in [3.8, 4) is 5.75 Å². The van der Waals surface area contributed by atoms with Crippen LogP contribution in [0, 0.1) is 0 Å². The van der Waals surface area contributed by atoms with E-state index in [1.807, 2.05) is 0 Å². The molecule has 0 saturated carbocycles. The molecule has 1 aromatic carbocycles. The zero-order chi connectivity index (χ0) is 37.9. The van der Waals surface area contributed by atoms with E-state index in [0.717, 1.165) is 24.3 Å². The van der Waals surface area contributed by atoms with E-state index in [4.69, 9.17) is 14.6 Å². The Kier molecular flexibility index (Phi) is 18.5. The molecule has 5 atom stereocenters. The zero-order valence-corrected chi connectivity index (χ0v) is 29.4. The van der Waals surface area contributed by atoms with Gasteiger partial charge in [-0.05, 0) is 69.9 Å². The van der Waals surface area contributed by atoms with Crippen molar-refractivity contribution in [3.63, 3.8) is 0 Å². The van der Waals surface area contributed by atoms with Crippen LogP contribution in [0.3, 0.4) is 0 Å². The van der Waals surface area contributed by atoms with Crippen molar-refractivity contribution in [1.82, 2.24) is 26.1 Å². The second-order valence-corrected chi connectivity index (χ2v) is 12.9. The van der Waals surface area contributed by atoms with Crippen molar-refractivity contribution < 1.29 is 59.2 Å². The fraction of sp³-hybridized carbons (Fsp3) is 0.629. The van der Waals surface area contributed by atoms with Crippen molar-refractivity contribution in [2.45, 2.75) is 114 Å². The number of amides is 3. The number of allylic oxidation sites excluding steroid dienone is 1. The van der Waals surface area contributed by atoms with Crippen LogP contribution < -0.4 is 16.0 Å². The summed E-state index contributed by atoms with van der Waals surface area (Å²) in [5, 5.41) is 58.7. The number of nitrogens with zero attached hydrogens (tertiary/aromatic N) is 2. The SMILES string of the molecule is O=C(O)CCCCCC/C=C\[C@H](O)N(O)CCCC[C@@H](NC(=O)[C@@H]1CO[C@@H](c2ccccc2O)N1)C(=O)OCCC(=O)N[C@@H]1CCCCN(O)C1=O. The molecule has 0 spiro atoms. The lowest BCUT2D eigenvalue weighted by Gasteiger charge is -2.22. The third-order valence-corrected chi connectivity index (χ3v) is 8.75. The van der Waals surface area contributed by atoms with Crippen molar-refractivity contribution in [1.29, 1.82) is 0 Å². The number of hydrogen-bond acceptors (Lipinski definition) is 13. The lowest BCUT2D eigenvalue weighted by Crippen LogP contribution is -2.50. The number of esters is 1. The van der Waals surface area contributed by atoms with Gasteiger partial charge in [0.1, 0.15) is 42.9 Å². The highest BCUT2D eigenvalue weighted by molar-refractivity contribution is 5.89. The summed E-state index contributed by atoms with van der Waals surface area (Å²) < 4.78 is 11.0. The number of aromatic hydroxyl groups is 1. The molecular weight excluding hydrogens is 682 g/mol. The Morgan fingerprint density at radius 3 is 2.62 bits per heavy atom. The fourth-order valence-corrected chi connectivity index (χ4v) is 5.77. The smallest absolute Gasteiger partial charge is 0.328 e. The number of phenols is 1. The molecule has 2 heterocycles. The van der Waals surface area contributed by atoms with E-state index in [1.165, 1.54) is 12.1 Å². The highest BCUT2D eigenvalue weighted by atomic mass is 16.5. The predicted molar refractivity (Wildman–Crippen MR) is 183 cm³/mol. The first kappa shape index (κ1) is 42.3. The summed E-state index contributed by atoms with van der Waals surface area (Å²) in [6.07, 6.45) is 7.24. The van der Waals surface area contributed by atoms with Gasteiger partial charge in [-0.2, -0.15) is 5.06 Å². The number of carbonyl (C=O) groups excluding carboxylic acids is 4. The first-order valence-electron chi connectivity index (χ1n) is 17.9. The average Bonchev–Trinajstić information content (AvgIpc) is 3.55. The van der Waals surface area contributed by atoms with Gasteiger partial charge in [0.25, 0.3) is 5.91 Å².